The molecule has 0 aromatic carbocycles. The van der Waals surface area contributed by atoms with Crippen molar-refractivity contribution in [3.05, 3.63) is 72.1 Å². The summed E-state index contributed by atoms with van der Waals surface area (Å²) in [6.07, 6.45) is 4.89. The quantitative estimate of drug-likeness (QED) is 0.371. The van der Waals surface area contributed by atoms with Crippen molar-refractivity contribution in [1.29, 1.82) is 0 Å². The third-order valence-electron chi connectivity index (χ3n) is 3.78. The first-order chi connectivity index (χ1) is 12.7. The van der Waals surface area contributed by atoms with E-state index in [1.54, 1.807) is 6.20 Å². The molecule has 0 aliphatic rings. The molecular weight excluding hydrogens is 326 g/mol. The van der Waals surface area contributed by atoms with Crippen LogP contribution in [0, 0.1) is 6.92 Å². The van der Waals surface area contributed by atoms with Gasteiger partial charge < -0.3 is 4.84 Å². The van der Waals surface area contributed by atoms with Crippen molar-refractivity contribution >= 4 is 5.71 Å². The number of aryl methyl sites for hydroxylation is 2. The molecule has 0 amide bonds. The first-order valence-corrected chi connectivity index (χ1v) is 8.55. The SMILES string of the molecule is C/C(=N\OCCCc1cccc(-c2ccncn2)n1)c1cccc(C)n1. The lowest BCUT2D eigenvalue weighted by molar-refractivity contribution is 0.141. The molecule has 0 aliphatic carbocycles. The molecular formula is C20H21N5O. The second-order valence-corrected chi connectivity index (χ2v) is 5.89. The summed E-state index contributed by atoms with van der Waals surface area (Å²) in [4.78, 5) is 22.7. The maximum atomic E-state index is 5.43. The van der Waals surface area contributed by atoms with Crippen molar-refractivity contribution < 1.29 is 4.84 Å². The van der Waals surface area contributed by atoms with Crippen LogP contribution in [-0.2, 0) is 11.3 Å². The van der Waals surface area contributed by atoms with Gasteiger partial charge in [0.1, 0.15) is 18.6 Å². The number of hydrogen-bond donors (Lipinski definition) is 0. The van der Waals surface area contributed by atoms with Crippen molar-refractivity contribution in [2.45, 2.75) is 26.7 Å². The highest BCUT2D eigenvalue weighted by Gasteiger charge is 2.03. The molecule has 0 saturated heterocycles. The smallest absolute Gasteiger partial charge is 0.117 e. The number of pyridine rings is 2. The zero-order valence-corrected chi connectivity index (χ0v) is 15.0. The van der Waals surface area contributed by atoms with Gasteiger partial charge in [-0.15, -0.1) is 0 Å². The summed E-state index contributed by atoms with van der Waals surface area (Å²) in [6.45, 7) is 4.39. The number of hydrogen-bond acceptors (Lipinski definition) is 6. The maximum Gasteiger partial charge on any atom is 0.117 e. The fraction of sp³-hybridized carbons (Fsp3) is 0.250. The number of oxime groups is 1. The van der Waals surface area contributed by atoms with E-state index in [9.17, 15) is 0 Å². The molecule has 26 heavy (non-hydrogen) atoms. The van der Waals surface area contributed by atoms with E-state index in [-0.39, 0.29) is 0 Å². The van der Waals surface area contributed by atoms with Gasteiger partial charge in [0.05, 0.1) is 17.1 Å². The average molecular weight is 347 g/mol. The molecule has 3 heterocycles. The van der Waals surface area contributed by atoms with Crippen molar-refractivity contribution in [3.8, 4) is 11.4 Å². The number of rotatable bonds is 7. The van der Waals surface area contributed by atoms with Gasteiger partial charge in [0.25, 0.3) is 0 Å². The van der Waals surface area contributed by atoms with E-state index in [2.05, 4.69) is 25.1 Å². The molecule has 0 atom stereocenters. The Kier molecular flexibility index (Phi) is 5.98. The van der Waals surface area contributed by atoms with Gasteiger partial charge in [0, 0.05) is 17.6 Å². The molecule has 0 spiro atoms. The van der Waals surface area contributed by atoms with E-state index >= 15 is 0 Å². The van der Waals surface area contributed by atoms with Crippen LogP contribution in [0.3, 0.4) is 0 Å². The van der Waals surface area contributed by atoms with Crippen LogP contribution in [0.15, 0.2) is 60.1 Å². The van der Waals surface area contributed by atoms with E-state index in [1.807, 2.05) is 56.3 Å². The Morgan fingerprint density at radius 3 is 2.73 bits per heavy atom. The van der Waals surface area contributed by atoms with Gasteiger partial charge in [-0.1, -0.05) is 17.3 Å². The largest absolute Gasteiger partial charge is 0.396 e. The normalized spacial score (nSPS) is 11.4. The molecule has 0 saturated carbocycles. The lowest BCUT2D eigenvalue weighted by Gasteiger charge is -2.05. The minimum Gasteiger partial charge on any atom is -0.396 e. The second-order valence-electron chi connectivity index (χ2n) is 5.89. The summed E-state index contributed by atoms with van der Waals surface area (Å²) in [6, 6.07) is 13.7. The predicted molar refractivity (Wildman–Crippen MR) is 101 cm³/mol. The van der Waals surface area contributed by atoms with Gasteiger partial charge in [0.15, 0.2) is 0 Å². The Morgan fingerprint density at radius 2 is 1.92 bits per heavy atom. The molecule has 132 valence electrons. The molecule has 6 heteroatoms. The van der Waals surface area contributed by atoms with Gasteiger partial charge in [-0.3, -0.25) is 9.97 Å². The highest BCUT2D eigenvalue weighted by molar-refractivity contribution is 5.96. The standard InChI is InChI=1S/C20H21N5O/c1-15-6-3-9-18(23-15)16(2)25-26-13-5-8-17-7-4-10-20(24-17)19-11-12-21-14-22-19/h3-4,6-7,9-12,14H,5,8,13H2,1-2H3/b25-16+. The Morgan fingerprint density at radius 1 is 1.04 bits per heavy atom. The van der Waals surface area contributed by atoms with Crippen molar-refractivity contribution in [3.63, 3.8) is 0 Å². The first-order valence-electron chi connectivity index (χ1n) is 8.55. The van der Waals surface area contributed by atoms with Crippen LogP contribution in [-0.4, -0.2) is 32.3 Å². The van der Waals surface area contributed by atoms with E-state index in [0.29, 0.717) is 6.61 Å². The predicted octanol–water partition coefficient (Wildman–Crippen LogP) is 3.62. The molecule has 0 bridgehead atoms. The van der Waals surface area contributed by atoms with Crippen molar-refractivity contribution in [1.82, 2.24) is 19.9 Å². The lowest BCUT2D eigenvalue weighted by Crippen LogP contribution is -2.02. The van der Waals surface area contributed by atoms with E-state index < -0.39 is 0 Å². The third kappa shape index (κ3) is 4.92. The van der Waals surface area contributed by atoms with Crippen LogP contribution in [0.1, 0.15) is 30.4 Å². The molecule has 0 N–H and O–H groups in total. The third-order valence-corrected chi connectivity index (χ3v) is 3.78. The van der Waals surface area contributed by atoms with Crippen LogP contribution in [0.2, 0.25) is 0 Å². The minimum absolute atomic E-state index is 0.530. The molecule has 0 fully saturated rings. The van der Waals surface area contributed by atoms with Crippen LogP contribution in [0.5, 0.6) is 0 Å². The fourth-order valence-electron chi connectivity index (χ4n) is 2.46. The highest BCUT2D eigenvalue weighted by Crippen LogP contribution is 2.14. The van der Waals surface area contributed by atoms with Gasteiger partial charge in [0.2, 0.25) is 0 Å². The molecule has 3 rings (SSSR count). The summed E-state index contributed by atoms with van der Waals surface area (Å²) in [5.74, 6) is 0. The van der Waals surface area contributed by atoms with Gasteiger partial charge in [-0.25, -0.2) is 9.97 Å². The van der Waals surface area contributed by atoms with Crippen LogP contribution < -0.4 is 0 Å². The molecule has 0 unspecified atom stereocenters. The van der Waals surface area contributed by atoms with Crippen molar-refractivity contribution in [2.24, 2.45) is 5.16 Å². The topological polar surface area (TPSA) is 73.2 Å². The number of aromatic nitrogens is 4. The summed E-state index contributed by atoms with van der Waals surface area (Å²) in [5, 5.41) is 4.15. The zero-order valence-electron chi connectivity index (χ0n) is 15.0. The minimum atomic E-state index is 0.530. The van der Waals surface area contributed by atoms with Crippen LogP contribution in [0.4, 0.5) is 0 Å². The Hall–Kier alpha value is -3.15. The Balaban J connectivity index is 1.50. The summed E-state index contributed by atoms with van der Waals surface area (Å²) in [5.41, 5.74) is 5.26. The van der Waals surface area contributed by atoms with Crippen LogP contribution in [0.25, 0.3) is 11.4 Å². The highest BCUT2D eigenvalue weighted by atomic mass is 16.6. The number of nitrogens with zero attached hydrogens (tertiary/aromatic N) is 5. The maximum absolute atomic E-state index is 5.43. The average Bonchev–Trinajstić information content (AvgIpc) is 2.68. The molecule has 3 aromatic rings. The van der Waals surface area contributed by atoms with Gasteiger partial charge >= 0.3 is 0 Å². The van der Waals surface area contributed by atoms with Gasteiger partial charge in [-0.2, -0.15) is 0 Å². The lowest BCUT2D eigenvalue weighted by atomic mass is 10.2. The summed E-state index contributed by atoms with van der Waals surface area (Å²) < 4.78 is 0. The van der Waals surface area contributed by atoms with E-state index in [4.69, 9.17) is 4.84 Å². The Bertz CT molecular complexity index is 880. The zero-order chi connectivity index (χ0) is 18.2. The fourth-order valence-corrected chi connectivity index (χ4v) is 2.46. The second kappa shape index (κ2) is 8.80. The van der Waals surface area contributed by atoms with Crippen molar-refractivity contribution in [2.75, 3.05) is 6.61 Å². The monoisotopic (exact) mass is 347 g/mol. The van der Waals surface area contributed by atoms with Gasteiger partial charge in [-0.05, 0) is 57.0 Å². The molecule has 6 nitrogen and oxygen atoms in total. The summed E-state index contributed by atoms with van der Waals surface area (Å²) in [7, 11) is 0. The Labute approximate surface area is 153 Å². The molecule has 0 radical (unpaired) electrons. The van der Waals surface area contributed by atoms with E-state index in [0.717, 1.165) is 47.0 Å². The first kappa shape index (κ1) is 17.7. The summed E-state index contributed by atoms with van der Waals surface area (Å²) >= 11 is 0. The molecule has 0 aliphatic heterocycles. The van der Waals surface area contributed by atoms with Crippen LogP contribution >= 0.6 is 0 Å². The molecule has 3 aromatic heterocycles. The van der Waals surface area contributed by atoms with E-state index in [1.165, 1.54) is 6.33 Å².